The van der Waals surface area contributed by atoms with E-state index in [1.54, 1.807) is 11.3 Å². The first kappa shape index (κ1) is 14.1. The summed E-state index contributed by atoms with van der Waals surface area (Å²) in [7, 11) is 1.86. The molecule has 19 heavy (non-hydrogen) atoms. The van der Waals surface area contributed by atoms with Crippen molar-refractivity contribution in [1.29, 1.82) is 0 Å². The molecule has 2 heterocycles. The topological polar surface area (TPSA) is 29.9 Å². The molecule has 0 amide bonds. The Morgan fingerprint density at radius 3 is 2.74 bits per heavy atom. The Bertz CT molecular complexity index is 557. The number of aryl methyl sites for hydroxylation is 1. The summed E-state index contributed by atoms with van der Waals surface area (Å²) in [5.74, 6) is 0. The highest BCUT2D eigenvalue weighted by molar-refractivity contribution is 7.12. The first-order valence-electron chi connectivity index (χ1n) is 5.72. The smallest absolute Gasteiger partial charge is 0.315 e. The number of hydrogen-bond acceptors (Lipinski definition) is 3. The van der Waals surface area contributed by atoms with E-state index >= 15 is 0 Å². The van der Waals surface area contributed by atoms with Crippen molar-refractivity contribution in [1.82, 2.24) is 15.1 Å². The molecule has 0 radical (unpaired) electrons. The van der Waals surface area contributed by atoms with Crippen LogP contribution in [0.15, 0.2) is 18.5 Å². The van der Waals surface area contributed by atoms with E-state index in [0.29, 0.717) is 6.54 Å². The molecule has 0 aromatic carbocycles. The fourth-order valence-electron chi connectivity index (χ4n) is 1.78. The van der Waals surface area contributed by atoms with Gasteiger partial charge in [-0.15, -0.1) is 11.3 Å². The van der Waals surface area contributed by atoms with E-state index in [-0.39, 0.29) is 0 Å². The van der Waals surface area contributed by atoms with Crippen molar-refractivity contribution in [3.8, 4) is 0 Å². The molecule has 0 saturated heterocycles. The average molecular weight is 289 g/mol. The molecule has 0 aliphatic rings. The lowest BCUT2D eigenvalue weighted by Gasteiger charge is -2.02. The van der Waals surface area contributed by atoms with Crippen LogP contribution in [-0.4, -0.2) is 16.8 Å². The first-order valence-corrected chi connectivity index (χ1v) is 6.54. The molecular weight excluding hydrogens is 275 g/mol. The normalized spacial score (nSPS) is 12.1. The third-order valence-corrected chi connectivity index (χ3v) is 3.81. The van der Waals surface area contributed by atoms with Crippen LogP contribution in [0.3, 0.4) is 0 Å². The molecule has 0 fully saturated rings. The Hall–Kier alpha value is -1.34. The van der Waals surface area contributed by atoms with E-state index < -0.39 is 11.7 Å². The van der Waals surface area contributed by atoms with Gasteiger partial charge in [0.15, 0.2) is 0 Å². The van der Waals surface area contributed by atoms with Gasteiger partial charge in [0.05, 0.1) is 18.3 Å². The summed E-state index contributed by atoms with van der Waals surface area (Å²) in [6, 6.07) is 2.01. The van der Waals surface area contributed by atoms with Crippen molar-refractivity contribution in [2.75, 3.05) is 7.05 Å². The molecule has 0 aliphatic heterocycles. The van der Waals surface area contributed by atoms with Gasteiger partial charge in [-0.25, -0.2) is 0 Å². The number of halogens is 3. The van der Waals surface area contributed by atoms with Crippen molar-refractivity contribution in [3.63, 3.8) is 0 Å². The van der Waals surface area contributed by atoms with E-state index in [1.807, 2.05) is 20.0 Å². The third kappa shape index (κ3) is 3.36. The number of thiophene rings is 1. The van der Waals surface area contributed by atoms with Gasteiger partial charge < -0.3 is 5.32 Å². The molecule has 3 nitrogen and oxygen atoms in total. The number of hydrogen-bond donors (Lipinski definition) is 1. The van der Waals surface area contributed by atoms with Gasteiger partial charge in [-0.3, -0.25) is 4.68 Å². The Morgan fingerprint density at radius 1 is 1.42 bits per heavy atom. The second kappa shape index (κ2) is 5.34. The summed E-state index contributed by atoms with van der Waals surface area (Å²) in [4.78, 5) is 2.27. The maximum absolute atomic E-state index is 12.5. The molecule has 0 unspecified atom stereocenters. The highest BCUT2D eigenvalue weighted by Gasteiger charge is 2.32. The van der Waals surface area contributed by atoms with Crippen molar-refractivity contribution in [3.05, 3.63) is 39.3 Å². The molecule has 1 N–H and O–H groups in total. The lowest BCUT2D eigenvalue weighted by molar-refractivity contribution is -0.137. The molecule has 2 rings (SSSR count). The van der Waals surface area contributed by atoms with E-state index in [4.69, 9.17) is 0 Å². The number of aromatic nitrogens is 2. The van der Waals surface area contributed by atoms with Crippen LogP contribution < -0.4 is 5.32 Å². The van der Waals surface area contributed by atoms with Gasteiger partial charge in [0.25, 0.3) is 0 Å². The van der Waals surface area contributed by atoms with Crippen LogP contribution >= 0.6 is 11.3 Å². The molecular formula is C12H14F3N3S. The van der Waals surface area contributed by atoms with E-state index in [0.717, 1.165) is 29.4 Å². The Balaban J connectivity index is 2.15. The summed E-state index contributed by atoms with van der Waals surface area (Å²) < 4.78 is 38.7. The van der Waals surface area contributed by atoms with Crippen molar-refractivity contribution >= 4 is 11.3 Å². The second-order valence-corrected chi connectivity index (χ2v) is 5.59. The minimum absolute atomic E-state index is 0.363. The first-order chi connectivity index (χ1) is 8.90. The monoisotopic (exact) mass is 289 g/mol. The van der Waals surface area contributed by atoms with Crippen LogP contribution in [0.5, 0.6) is 0 Å². The maximum Gasteiger partial charge on any atom is 0.419 e. The zero-order chi connectivity index (χ0) is 14.0. The predicted octanol–water partition coefficient (Wildman–Crippen LogP) is 3.04. The van der Waals surface area contributed by atoms with Gasteiger partial charge in [0, 0.05) is 22.5 Å². The number of nitrogens with zero attached hydrogens (tertiary/aromatic N) is 2. The molecule has 0 aliphatic carbocycles. The van der Waals surface area contributed by atoms with Crippen LogP contribution in [0.2, 0.25) is 0 Å². The number of alkyl halides is 3. The van der Waals surface area contributed by atoms with Crippen LogP contribution in [0, 0.1) is 6.92 Å². The lowest BCUT2D eigenvalue weighted by Crippen LogP contribution is -2.04. The zero-order valence-electron chi connectivity index (χ0n) is 10.6. The van der Waals surface area contributed by atoms with Crippen molar-refractivity contribution < 1.29 is 13.2 Å². The molecule has 0 spiro atoms. The predicted molar refractivity (Wildman–Crippen MR) is 68.2 cm³/mol. The lowest BCUT2D eigenvalue weighted by atomic mass is 10.2. The van der Waals surface area contributed by atoms with Crippen LogP contribution in [0.4, 0.5) is 13.2 Å². The van der Waals surface area contributed by atoms with Crippen LogP contribution in [-0.2, 0) is 19.3 Å². The van der Waals surface area contributed by atoms with Crippen molar-refractivity contribution in [2.45, 2.75) is 26.2 Å². The zero-order valence-corrected chi connectivity index (χ0v) is 11.4. The highest BCUT2D eigenvalue weighted by Crippen LogP contribution is 2.29. The summed E-state index contributed by atoms with van der Waals surface area (Å²) in [5.41, 5.74) is 0.294. The van der Waals surface area contributed by atoms with Gasteiger partial charge in [0.2, 0.25) is 0 Å². The largest absolute Gasteiger partial charge is 0.419 e. The van der Waals surface area contributed by atoms with Crippen molar-refractivity contribution in [2.24, 2.45) is 0 Å². The average Bonchev–Trinajstić information content (AvgIpc) is 2.87. The summed E-state index contributed by atoms with van der Waals surface area (Å²) >= 11 is 1.64. The van der Waals surface area contributed by atoms with Gasteiger partial charge in [-0.05, 0) is 25.6 Å². The molecule has 7 heteroatoms. The fraction of sp³-hybridized carbons (Fsp3) is 0.417. The van der Waals surface area contributed by atoms with Gasteiger partial charge in [-0.2, -0.15) is 18.3 Å². The standard InChI is InChI=1S/C12H14F3N3S/c1-8-9(3-11(19-8)5-16-2)6-18-7-10(4-17-18)12(13,14)15/h3-4,7,16H,5-6H2,1-2H3. The quantitative estimate of drug-likeness (QED) is 0.937. The third-order valence-electron chi connectivity index (χ3n) is 2.72. The Morgan fingerprint density at radius 2 is 2.16 bits per heavy atom. The molecule has 104 valence electrons. The Kier molecular flexibility index (Phi) is 3.96. The van der Waals surface area contributed by atoms with Crippen LogP contribution in [0.1, 0.15) is 20.9 Å². The highest BCUT2D eigenvalue weighted by atomic mass is 32.1. The summed E-state index contributed by atoms with van der Waals surface area (Å²) in [5, 5.41) is 6.81. The molecule has 0 atom stereocenters. The molecule has 2 aromatic heterocycles. The minimum Gasteiger partial charge on any atom is -0.315 e. The van der Waals surface area contributed by atoms with E-state index in [1.165, 1.54) is 9.56 Å². The second-order valence-electron chi connectivity index (χ2n) is 4.25. The number of rotatable bonds is 4. The fourth-order valence-corrected chi connectivity index (χ4v) is 2.84. The number of nitrogens with one attached hydrogen (secondary N) is 1. The summed E-state index contributed by atoms with van der Waals surface area (Å²) in [6.45, 7) is 3.09. The molecule has 2 aromatic rings. The molecule has 0 saturated carbocycles. The van der Waals surface area contributed by atoms with E-state index in [2.05, 4.69) is 10.4 Å². The maximum atomic E-state index is 12.5. The van der Waals surface area contributed by atoms with E-state index in [9.17, 15) is 13.2 Å². The summed E-state index contributed by atoms with van der Waals surface area (Å²) in [6.07, 6.45) is -2.44. The van der Waals surface area contributed by atoms with Gasteiger partial charge >= 0.3 is 6.18 Å². The van der Waals surface area contributed by atoms with Crippen LogP contribution in [0.25, 0.3) is 0 Å². The van der Waals surface area contributed by atoms with Gasteiger partial charge in [0.1, 0.15) is 0 Å². The molecule has 0 bridgehead atoms. The van der Waals surface area contributed by atoms with Gasteiger partial charge in [-0.1, -0.05) is 0 Å². The SMILES string of the molecule is CNCc1cc(Cn2cc(C(F)(F)F)cn2)c(C)s1. The minimum atomic E-state index is -4.33. The Labute approximate surface area is 113 Å².